The van der Waals surface area contributed by atoms with E-state index in [9.17, 15) is 28.3 Å². The van der Waals surface area contributed by atoms with Crippen molar-refractivity contribution < 1.29 is 28.2 Å². The van der Waals surface area contributed by atoms with Crippen molar-refractivity contribution in [2.45, 2.75) is 38.9 Å². The smallest absolute Gasteiger partial charge is 0.277 e. The third-order valence-electron chi connectivity index (χ3n) is 6.34. The Bertz CT molecular complexity index is 1300. The van der Waals surface area contributed by atoms with E-state index in [1.165, 1.54) is 46.4 Å². The molecule has 4 rings (SSSR count). The molecule has 0 fully saturated rings. The largest absolute Gasteiger partial charge is 0.502 e. The highest BCUT2D eigenvalue weighted by Crippen LogP contribution is 2.26. The molecule has 1 aliphatic carbocycles. The van der Waals surface area contributed by atoms with Gasteiger partial charge in [-0.05, 0) is 31.9 Å². The Kier molecular flexibility index (Phi) is 8.18. The molecule has 0 spiro atoms. The number of rotatable bonds is 10. The minimum absolute atomic E-state index is 0.0729. The number of fused-ring (bicyclic) bond motifs is 1. The number of thiazole rings is 1. The lowest BCUT2D eigenvalue weighted by Gasteiger charge is -2.39. The van der Waals surface area contributed by atoms with Gasteiger partial charge in [0, 0.05) is 37.6 Å². The van der Waals surface area contributed by atoms with E-state index >= 15 is 0 Å². The number of carbonyl (C=O) groups is 2. The van der Waals surface area contributed by atoms with Crippen LogP contribution in [0.25, 0.3) is 0 Å². The van der Waals surface area contributed by atoms with E-state index in [1.807, 2.05) is 12.3 Å². The number of hydrogen-bond donors (Lipinski definition) is 1. The molecular formula is C25H28F2N4O5S. The van der Waals surface area contributed by atoms with Gasteiger partial charge in [-0.15, -0.1) is 11.3 Å². The molecule has 12 heteroatoms. The van der Waals surface area contributed by atoms with Crippen molar-refractivity contribution in [3.63, 3.8) is 0 Å². The molecule has 1 aliphatic heterocycles. The summed E-state index contributed by atoms with van der Waals surface area (Å²) in [6, 6.07) is 0. The lowest BCUT2D eigenvalue weighted by molar-refractivity contribution is 0.0619. The number of Topliss-reactive ketones (excluding diaryl/α,β-unsaturated/α-hetero) is 1. The van der Waals surface area contributed by atoms with Gasteiger partial charge < -0.3 is 14.7 Å². The van der Waals surface area contributed by atoms with Crippen molar-refractivity contribution in [1.82, 2.24) is 14.6 Å². The molecule has 1 amide bonds. The SMILES string of the molecule is COCCN1CN(Cc2csc(C)n2)n2cc(C(=O)CCCC3C=CC(F)=CC3F)c(=O)c(O)c2C1=O. The molecule has 3 heterocycles. The molecule has 37 heavy (non-hydrogen) atoms. The van der Waals surface area contributed by atoms with Crippen LogP contribution in [0, 0.1) is 12.8 Å². The van der Waals surface area contributed by atoms with Crippen molar-refractivity contribution in [2.75, 3.05) is 31.9 Å². The average molecular weight is 535 g/mol. The molecule has 0 saturated heterocycles. The molecule has 2 aromatic rings. The van der Waals surface area contributed by atoms with Crippen LogP contribution in [0.3, 0.4) is 0 Å². The summed E-state index contributed by atoms with van der Waals surface area (Å²) in [7, 11) is 1.51. The fourth-order valence-electron chi connectivity index (χ4n) is 4.40. The summed E-state index contributed by atoms with van der Waals surface area (Å²) >= 11 is 1.47. The van der Waals surface area contributed by atoms with Gasteiger partial charge in [-0.2, -0.15) is 0 Å². The maximum atomic E-state index is 14.0. The van der Waals surface area contributed by atoms with E-state index < -0.39 is 40.8 Å². The van der Waals surface area contributed by atoms with Crippen molar-refractivity contribution in [2.24, 2.45) is 5.92 Å². The van der Waals surface area contributed by atoms with E-state index in [1.54, 1.807) is 5.01 Å². The van der Waals surface area contributed by atoms with Crippen molar-refractivity contribution in [3.05, 3.63) is 67.8 Å². The van der Waals surface area contributed by atoms with E-state index in [0.717, 1.165) is 16.8 Å². The van der Waals surface area contributed by atoms with Crippen molar-refractivity contribution >= 4 is 23.0 Å². The summed E-state index contributed by atoms with van der Waals surface area (Å²) in [5.41, 5.74) is -0.709. The van der Waals surface area contributed by atoms with Gasteiger partial charge in [0.05, 0.1) is 29.4 Å². The Morgan fingerprint density at radius 3 is 2.81 bits per heavy atom. The van der Waals surface area contributed by atoms with Crippen LogP contribution in [0.15, 0.2) is 40.4 Å². The molecule has 2 atom stereocenters. The number of ether oxygens (including phenoxy) is 1. The third-order valence-corrected chi connectivity index (χ3v) is 7.16. The van der Waals surface area contributed by atoms with Crippen molar-refractivity contribution in [3.8, 4) is 5.75 Å². The molecule has 0 saturated carbocycles. The van der Waals surface area contributed by atoms with Gasteiger partial charge in [-0.1, -0.05) is 6.08 Å². The topological polar surface area (TPSA) is 105 Å². The molecular weight excluding hydrogens is 506 g/mol. The Balaban J connectivity index is 1.59. The zero-order chi connectivity index (χ0) is 26.7. The molecule has 0 radical (unpaired) electrons. The summed E-state index contributed by atoms with van der Waals surface area (Å²) in [6.07, 6.45) is 3.80. The molecule has 0 aromatic carbocycles. The Morgan fingerprint density at radius 2 is 2.14 bits per heavy atom. The first-order valence-corrected chi connectivity index (χ1v) is 12.7. The second kappa shape index (κ2) is 11.3. The molecule has 9 nitrogen and oxygen atoms in total. The summed E-state index contributed by atoms with van der Waals surface area (Å²) in [4.78, 5) is 45.0. The maximum Gasteiger partial charge on any atom is 0.277 e. The average Bonchev–Trinajstić information content (AvgIpc) is 3.27. The van der Waals surface area contributed by atoms with Crippen LogP contribution in [0.1, 0.15) is 50.8 Å². The Labute approximate surface area is 216 Å². The number of aryl methyl sites for hydroxylation is 1. The lowest BCUT2D eigenvalue weighted by atomic mass is 9.92. The second-order valence-electron chi connectivity index (χ2n) is 8.97. The number of allylic oxidation sites excluding steroid dienone is 4. The Morgan fingerprint density at radius 1 is 1.35 bits per heavy atom. The molecule has 2 aromatic heterocycles. The molecule has 1 N–H and O–H groups in total. The first-order chi connectivity index (χ1) is 17.7. The van der Waals surface area contributed by atoms with Crippen LogP contribution in [0.5, 0.6) is 5.75 Å². The van der Waals surface area contributed by atoms with Crippen molar-refractivity contribution in [1.29, 1.82) is 0 Å². The van der Waals surface area contributed by atoms with Crippen LogP contribution in [-0.2, 0) is 11.3 Å². The van der Waals surface area contributed by atoms with E-state index in [-0.39, 0.29) is 56.9 Å². The number of aromatic nitrogens is 2. The highest BCUT2D eigenvalue weighted by molar-refractivity contribution is 7.09. The van der Waals surface area contributed by atoms with Gasteiger partial charge in [0.15, 0.2) is 17.2 Å². The molecule has 2 unspecified atom stereocenters. The number of nitrogens with zero attached hydrogens (tertiary/aromatic N) is 4. The van der Waals surface area contributed by atoms with Gasteiger partial charge in [0.2, 0.25) is 5.43 Å². The quantitative estimate of drug-likeness (QED) is 0.467. The highest BCUT2D eigenvalue weighted by atomic mass is 32.1. The zero-order valence-corrected chi connectivity index (χ0v) is 21.3. The standard InChI is InChI=1S/C25H28F2N4O5S/c1-15-28-18(13-37-15)11-30-14-29(8-9-36-2)25(35)22-24(34)23(33)19(12-31(22)30)21(32)5-3-4-16-6-7-17(26)10-20(16)27/h6-7,10,12-13,16,20,34H,3-5,8-9,11,14H2,1-2H3. The number of halogens is 2. The summed E-state index contributed by atoms with van der Waals surface area (Å²) in [5.74, 6) is -3.10. The number of aromatic hydroxyl groups is 1. The number of amides is 1. The lowest BCUT2D eigenvalue weighted by Crippen LogP contribution is -2.54. The van der Waals surface area contributed by atoms with Crippen LogP contribution in [-0.4, -0.2) is 64.5 Å². The van der Waals surface area contributed by atoms with Crippen LogP contribution < -0.4 is 10.4 Å². The van der Waals surface area contributed by atoms with Crippen LogP contribution >= 0.6 is 11.3 Å². The first kappa shape index (κ1) is 26.7. The maximum absolute atomic E-state index is 14.0. The molecule has 2 aliphatic rings. The van der Waals surface area contributed by atoms with E-state index in [4.69, 9.17) is 4.74 Å². The van der Waals surface area contributed by atoms with Crippen LogP contribution in [0.2, 0.25) is 0 Å². The summed E-state index contributed by atoms with van der Waals surface area (Å²) in [6.45, 7) is 2.75. The monoisotopic (exact) mass is 534 g/mol. The summed E-state index contributed by atoms with van der Waals surface area (Å²) in [5, 5.41) is 15.2. The van der Waals surface area contributed by atoms with Gasteiger partial charge in [0.25, 0.3) is 5.91 Å². The molecule has 0 bridgehead atoms. The predicted octanol–water partition coefficient (Wildman–Crippen LogP) is 3.25. The van der Waals surface area contributed by atoms with Gasteiger partial charge in [-0.25, -0.2) is 13.8 Å². The number of alkyl halides is 1. The first-order valence-electron chi connectivity index (χ1n) is 11.9. The number of methoxy groups -OCH3 is 1. The third kappa shape index (κ3) is 5.80. The molecule has 198 valence electrons. The predicted molar refractivity (Wildman–Crippen MR) is 134 cm³/mol. The van der Waals surface area contributed by atoms with E-state index in [2.05, 4.69) is 4.98 Å². The number of pyridine rings is 1. The normalized spacial score (nSPS) is 19.2. The van der Waals surface area contributed by atoms with Crippen LogP contribution in [0.4, 0.5) is 8.78 Å². The van der Waals surface area contributed by atoms with Gasteiger partial charge in [-0.3, -0.25) is 24.1 Å². The highest BCUT2D eigenvalue weighted by Gasteiger charge is 2.34. The summed E-state index contributed by atoms with van der Waals surface area (Å²) < 4.78 is 33.6. The zero-order valence-electron chi connectivity index (χ0n) is 20.5. The minimum Gasteiger partial charge on any atom is -0.502 e. The minimum atomic E-state index is -1.48. The van der Waals surface area contributed by atoms with Gasteiger partial charge in [0.1, 0.15) is 18.7 Å². The Hall–Kier alpha value is -3.38. The number of carbonyl (C=O) groups excluding carboxylic acids is 2. The number of ketones is 1. The van der Waals surface area contributed by atoms with E-state index in [0.29, 0.717) is 0 Å². The fourth-order valence-corrected chi connectivity index (χ4v) is 5.00. The van der Waals surface area contributed by atoms with Gasteiger partial charge >= 0.3 is 0 Å². The fraction of sp³-hybridized carbons (Fsp3) is 0.440. The second-order valence-corrected chi connectivity index (χ2v) is 10.0. The number of hydrogen-bond acceptors (Lipinski definition) is 8.